The van der Waals surface area contributed by atoms with Crippen molar-refractivity contribution in [2.24, 2.45) is 5.92 Å². The normalized spacial score (nSPS) is 20.4. The van der Waals surface area contributed by atoms with Crippen LogP contribution in [0.15, 0.2) is 42.0 Å². The van der Waals surface area contributed by atoms with Crippen LogP contribution >= 0.6 is 0 Å². The van der Waals surface area contributed by atoms with E-state index in [1.54, 1.807) is 0 Å². The van der Waals surface area contributed by atoms with Crippen molar-refractivity contribution in [3.8, 4) is 6.07 Å². The van der Waals surface area contributed by atoms with Crippen molar-refractivity contribution in [3.05, 3.63) is 47.5 Å². The molecule has 3 rings (SSSR count). The van der Waals surface area contributed by atoms with E-state index in [4.69, 9.17) is 0 Å². The summed E-state index contributed by atoms with van der Waals surface area (Å²) < 4.78 is 0. The Balaban J connectivity index is 1.59. The molecule has 2 aliphatic rings. The summed E-state index contributed by atoms with van der Waals surface area (Å²) in [4.78, 5) is 2.50. The third-order valence-corrected chi connectivity index (χ3v) is 7.03. The van der Waals surface area contributed by atoms with Crippen LogP contribution in [-0.4, -0.2) is 25.0 Å². The molecule has 0 aliphatic heterocycles. The van der Waals surface area contributed by atoms with Crippen LogP contribution in [0.4, 0.5) is 0 Å². The fourth-order valence-electron chi connectivity index (χ4n) is 5.24. The largest absolute Gasteiger partial charge is 0.306 e. The number of allylic oxidation sites excluding steroid dienone is 2. The topological polar surface area (TPSA) is 27.0 Å². The lowest BCUT2D eigenvalue weighted by Crippen LogP contribution is -2.30. The Labute approximate surface area is 172 Å². The molecule has 152 valence electrons. The predicted molar refractivity (Wildman–Crippen MR) is 118 cm³/mol. The molecule has 1 aromatic rings. The molecular weight excluding hydrogens is 340 g/mol. The van der Waals surface area contributed by atoms with Crippen LogP contribution in [0.5, 0.6) is 0 Å². The molecule has 2 heteroatoms. The Morgan fingerprint density at radius 1 is 1.04 bits per heavy atom. The van der Waals surface area contributed by atoms with E-state index in [9.17, 15) is 5.26 Å². The van der Waals surface area contributed by atoms with E-state index in [0.29, 0.717) is 0 Å². The molecule has 0 saturated heterocycles. The second-order valence-corrected chi connectivity index (χ2v) is 9.06. The van der Waals surface area contributed by atoms with Crippen molar-refractivity contribution in [3.63, 3.8) is 0 Å². The van der Waals surface area contributed by atoms with Crippen LogP contribution in [0, 0.1) is 17.2 Å². The zero-order valence-electron chi connectivity index (χ0n) is 17.8. The van der Waals surface area contributed by atoms with Gasteiger partial charge in [-0.1, -0.05) is 68.5 Å². The van der Waals surface area contributed by atoms with E-state index in [2.05, 4.69) is 54.4 Å². The molecule has 2 aliphatic carbocycles. The summed E-state index contributed by atoms with van der Waals surface area (Å²) in [5.41, 5.74) is 2.14. The second kappa shape index (κ2) is 10.8. The van der Waals surface area contributed by atoms with Gasteiger partial charge < -0.3 is 4.90 Å². The van der Waals surface area contributed by atoms with Gasteiger partial charge in [0.05, 0.1) is 6.07 Å². The Bertz CT molecular complexity index is 651. The number of hydrogen-bond donors (Lipinski definition) is 0. The Morgan fingerprint density at radius 2 is 1.82 bits per heavy atom. The fraction of sp³-hybridized carbons (Fsp3) is 0.654. The molecule has 28 heavy (non-hydrogen) atoms. The molecule has 1 saturated carbocycles. The Hall–Kier alpha value is -1.59. The van der Waals surface area contributed by atoms with E-state index < -0.39 is 5.41 Å². The summed E-state index contributed by atoms with van der Waals surface area (Å²) in [6.45, 7) is 2.30. The minimum absolute atomic E-state index is 0.425. The molecule has 1 atom stereocenters. The molecule has 1 aromatic carbocycles. The van der Waals surface area contributed by atoms with E-state index in [0.717, 1.165) is 38.1 Å². The van der Waals surface area contributed by atoms with Gasteiger partial charge in [0.2, 0.25) is 0 Å². The number of rotatable bonds is 9. The van der Waals surface area contributed by atoms with Crippen LogP contribution in [0.1, 0.15) is 82.6 Å². The number of nitriles is 1. The maximum Gasteiger partial charge on any atom is 0.103 e. The van der Waals surface area contributed by atoms with Crippen molar-refractivity contribution in [2.45, 2.75) is 82.5 Å². The Morgan fingerprint density at radius 3 is 2.50 bits per heavy atom. The van der Waals surface area contributed by atoms with Crippen molar-refractivity contribution in [1.82, 2.24) is 4.90 Å². The summed E-state index contributed by atoms with van der Waals surface area (Å²) in [5, 5.41) is 10.3. The van der Waals surface area contributed by atoms with Gasteiger partial charge in [0.25, 0.3) is 0 Å². The highest BCUT2D eigenvalue weighted by atomic mass is 15.1. The summed E-state index contributed by atoms with van der Waals surface area (Å²) in [7, 11) is 2.26. The third-order valence-electron chi connectivity index (χ3n) is 7.03. The molecule has 2 nitrogen and oxygen atoms in total. The predicted octanol–water partition coefficient (Wildman–Crippen LogP) is 6.63. The number of nitrogens with zero attached hydrogens (tertiary/aromatic N) is 2. The van der Waals surface area contributed by atoms with Crippen molar-refractivity contribution in [1.29, 1.82) is 5.26 Å². The van der Waals surface area contributed by atoms with Gasteiger partial charge in [-0.05, 0) is 82.1 Å². The lowest BCUT2D eigenvalue weighted by atomic mass is 9.69. The zero-order chi connectivity index (χ0) is 19.7. The quantitative estimate of drug-likeness (QED) is 0.451. The first-order valence-corrected chi connectivity index (χ1v) is 11.6. The maximum atomic E-state index is 10.3. The monoisotopic (exact) mass is 378 g/mol. The van der Waals surface area contributed by atoms with Crippen molar-refractivity contribution < 1.29 is 0 Å². The van der Waals surface area contributed by atoms with Crippen LogP contribution in [0.3, 0.4) is 0 Å². The maximum absolute atomic E-state index is 10.3. The van der Waals surface area contributed by atoms with Gasteiger partial charge in [0.1, 0.15) is 5.41 Å². The van der Waals surface area contributed by atoms with E-state index in [-0.39, 0.29) is 0 Å². The lowest BCUT2D eigenvalue weighted by Gasteiger charge is -2.33. The molecule has 0 N–H and O–H groups in total. The number of benzene rings is 1. The summed E-state index contributed by atoms with van der Waals surface area (Å²) >= 11 is 0. The van der Waals surface area contributed by atoms with Gasteiger partial charge >= 0.3 is 0 Å². The summed E-state index contributed by atoms with van der Waals surface area (Å²) in [6.07, 6.45) is 17.6. The first kappa shape index (κ1) is 21.1. The van der Waals surface area contributed by atoms with Crippen LogP contribution in [-0.2, 0) is 5.41 Å². The van der Waals surface area contributed by atoms with Gasteiger partial charge in [0.15, 0.2) is 0 Å². The first-order valence-electron chi connectivity index (χ1n) is 11.6. The zero-order valence-corrected chi connectivity index (χ0v) is 17.8. The van der Waals surface area contributed by atoms with Crippen molar-refractivity contribution in [2.75, 3.05) is 20.1 Å². The highest BCUT2D eigenvalue weighted by Crippen LogP contribution is 2.41. The highest BCUT2D eigenvalue weighted by Gasteiger charge is 2.36. The van der Waals surface area contributed by atoms with Crippen LogP contribution < -0.4 is 0 Å². The van der Waals surface area contributed by atoms with E-state index in [1.165, 1.54) is 69.0 Å². The molecule has 1 unspecified atom stereocenters. The molecular formula is C26H38N2. The molecule has 0 radical (unpaired) electrons. The first-order chi connectivity index (χ1) is 13.7. The van der Waals surface area contributed by atoms with Crippen molar-refractivity contribution >= 4 is 0 Å². The molecule has 0 spiro atoms. The third kappa shape index (κ3) is 5.48. The van der Waals surface area contributed by atoms with E-state index >= 15 is 0 Å². The van der Waals surface area contributed by atoms with Gasteiger partial charge in [-0.25, -0.2) is 0 Å². The SMILES string of the molecule is CN(CCCC(C#N)(C1=CCCCC1)c1ccccc1)CCC1CCCCC1. The standard InChI is InChI=1S/C26H38N2/c1-28(21-18-23-12-5-2-6-13-23)20-11-19-26(22-27,24-14-7-3-8-15-24)25-16-9-4-10-17-25/h3,7-8,14-16,23H,2,4-6,9-13,17-21H2,1H3. The van der Waals surface area contributed by atoms with Gasteiger partial charge in [0, 0.05) is 0 Å². The van der Waals surface area contributed by atoms with Crippen LogP contribution in [0.2, 0.25) is 0 Å². The smallest absolute Gasteiger partial charge is 0.103 e. The lowest BCUT2D eigenvalue weighted by molar-refractivity contribution is 0.258. The van der Waals surface area contributed by atoms with Gasteiger partial charge in [-0.3, -0.25) is 0 Å². The Kier molecular flexibility index (Phi) is 8.16. The molecule has 0 bridgehead atoms. The average molecular weight is 379 g/mol. The summed E-state index contributed by atoms with van der Waals surface area (Å²) in [6, 6.07) is 13.3. The van der Waals surface area contributed by atoms with Crippen LogP contribution in [0.25, 0.3) is 0 Å². The van der Waals surface area contributed by atoms with E-state index in [1.807, 2.05) is 0 Å². The highest BCUT2D eigenvalue weighted by molar-refractivity contribution is 5.44. The second-order valence-electron chi connectivity index (χ2n) is 9.06. The number of hydrogen-bond acceptors (Lipinski definition) is 2. The molecule has 0 aromatic heterocycles. The average Bonchev–Trinajstić information content (AvgIpc) is 2.77. The molecule has 0 amide bonds. The molecule has 0 heterocycles. The summed E-state index contributed by atoms with van der Waals surface area (Å²) in [5.74, 6) is 0.950. The minimum atomic E-state index is -0.425. The van der Waals surface area contributed by atoms with Gasteiger partial charge in [-0.15, -0.1) is 0 Å². The minimum Gasteiger partial charge on any atom is -0.306 e. The fourth-order valence-corrected chi connectivity index (χ4v) is 5.24. The molecule has 1 fully saturated rings. The van der Waals surface area contributed by atoms with Gasteiger partial charge in [-0.2, -0.15) is 5.26 Å².